The topological polar surface area (TPSA) is 3.24 Å². The van der Waals surface area contributed by atoms with Crippen LogP contribution in [-0.4, -0.2) is 29.4 Å². The average Bonchev–Trinajstić information content (AvgIpc) is 1.80. The van der Waals surface area contributed by atoms with Crippen LogP contribution in [0.25, 0.3) is 0 Å². The molecular formula is C8H18ClN. The van der Waals surface area contributed by atoms with Crippen LogP contribution in [0.4, 0.5) is 0 Å². The summed E-state index contributed by atoms with van der Waals surface area (Å²) >= 11 is 5.64. The second kappa shape index (κ2) is 4.20. The Kier molecular flexibility index (Phi) is 4.30. The molecule has 0 heterocycles. The largest absolute Gasteiger partial charge is 0.298 e. The second-order valence-electron chi connectivity index (χ2n) is 3.44. The SMILES string of the molecule is CCN(CCCl)C(C)(C)C. The van der Waals surface area contributed by atoms with Gasteiger partial charge in [-0.1, -0.05) is 6.92 Å². The van der Waals surface area contributed by atoms with Crippen molar-refractivity contribution in [2.45, 2.75) is 33.2 Å². The van der Waals surface area contributed by atoms with Gasteiger partial charge in [0.2, 0.25) is 0 Å². The summed E-state index contributed by atoms with van der Waals surface area (Å²) in [6.07, 6.45) is 0. The molecular weight excluding hydrogens is 146 g/mol. The third-order valence-corrected chi connectivity index (χ3v) is 1.85. The molecule has 0 saturated carbocycles. The van der Waals surface area contributed by atoms with E-state index in [1.54, 1.807) is 0 Å². The van der Waals surface area contributed by atoms with Gasteiger partial charge in [-0.3, -0.25) is 4.90 Å². The first-order valence-corrected chi connectivity index (χ1v) is 4.36. The highest BCUT2D eigenvalue weighted by molar-refractivity contribution is 6.18. The van der Waals surface area contributed by atoms with Gasteiger partial charge in [-0.2, -0.15) is 0 Å². The summed E-state index contributed by atoms with van der Waals surface area (Å²) in [4.78, 5) is 2.36. The summed E-state index contributed by atoms with van der Waals surface area (Å²) in [5.74, 6) is 0.727. The first-order chi connectivity index (χ1) is 4.52. The minimum absolute atomic E-state index is 0.267. The Morgan fingerprint density at radius 2 is 1.80 bits per heavy atom. The van der Waals surface area contributed by atoms with Crippen LogP contribution in [-0.2, 0) is 0 Å². The fourth-order valence-electron chi connectivity index (χ4n) is 1.07. The third-order valence-electron chi connectivity index (χ3n) is 1.68. The summed E-state index contributed by atoms with van der Waals surface area (Å²) in [5, 5.41) is 0. The van der Waals surface area contributed by atoms with Crippen LogP contribution in [0.3, 0.4) is 0 Å². The molecule has 0 aromatic heterocycles. The van der Waals surface area contributed by atoms with Crippen LogP contribution >= 0.6 is 11.6 Å². The Morgan fingerprint density at radius 1 is 1.30 bits per heavy atom. The van der Waals surface area contributed by atoms with Crippen LogP contribution < -0.4 is 0 Å². The molecule has 0 saturated heterocycles. The molecule has 0 atom stereocenters. The Morgan fingerprint density at radius 3 is 1.90 bits per heavy atom. The van der Waals surface area contributed by atoms with Crippen molar-refractivity contribution in [2.24, 2.45) is 0 Å². The van der Waals surface area contributed by atoms with E-state index in [4.69, 9.17) is 11.6 Å². The lowest BCUT2D eigenvalue weighted by molar-refractivity contribution is 0.155. The Bertz CT molecular complexity index is 85.7. The van der Waals surface area contributed by atoms with Crippen LogP contribution in [0.5, 0.6) is 0 Å². The third kappa shape index (κ3) is 3.43. The van der Waals surface area contributed by atoms with Crippen LogP contribution in [0, 0.1) is 0 Å². The molecule has 0 unspecified atom stereocenters. The Balaban J connectivity index is 3.81. The van der Waals surface area contributed by atoms with Gasteiger partial charge < -0.3 is 0 Å². The van der Waals surface area contributed by atoms with Crippen molar-refractivity contribution in [3.63, 3.8) is 0 Å². The molecule has 2 heteroatoms. The van der Waals surface area contributed by atoms with Gasteiger partial charge >= 0.3 is 0 Å². The Labute approximate surface area is 69.4 Å². The molecule has 0 bridgehead atoms. The van der Waals surface area contributed by atoms with Gasteiger partial charge in [0.1, 0.15) is 0 Å². The number of halogens is 1. The molecule has 0 aliphatic heterocycles. The monoisotopic (exact) mass is 163 g/mol. The first-order valence-electron chi connectivity index (χ1n) is 3.83. The maximum atomic E-state index is 5.64. The van der Waals surface area contributed by atoms with Gasteiger partial charge in [0.05, 0.1) is 0 Å². The molecule has 0 aliphatic carbocycles. The van der Waals surface area contributed by atoms with E-state index in [2.05, 4.69) is 32.6 Å². The Hall–Kier alpha value is 0.250. The fraction of sp³-hybridized carbons (Fsp3) is 1.00. The predicted molar refractivity (Wildman–Crippen MR) is 47.7 cm³/mol. The van der Waals surface area contributed by atoms with Crippen molar-refractivity contribution in [1.29, 1.82) is 0 Å². The van der Waals surface area contributed by atoms with Crippen molar-refractivity contribution in [3.8, 4) is 0 Å². The molecule has 10 heavy (non-hydrogen) atoms. The lowest BCUT2D eigenvalue weighted by Gasteiger charge is -2.33. The summed E-state index contributed by atoms with van der Waals surface area (Å²) in [7, 11) is 0. The van der Waals surface area contributed by atoms with Crippen molar-refractivity contribution < 1.29 is 0 Å². The van der Waals surface area contributed by atoms with E-state index in [0.29, 0.717) is 0 Å². The lowest BCUT2D eigenvalue weighted by Crippen LogP contribution is -2.42. The summed E-state index contributed by atoms with van der Waals surface area (Å²) in [6.45, 7) is 10.9. The number of hydrogen-bond donors (Lipinski definition) is 0. The molecule has 0 rings (SSSR count). The van der Waals surface area contributed by atoms with Gasteiger partial charge in [-0.25, -0.2) is 0 Å². The van der Waals surface area contributed by atoms with E-state index < -0.39 is 0 Å². The fourth-order valence-corrected chi connectivity index (χ4v) is 1.27. The maximum absolute atomic E-state index is 5.64. The summed E-state index contributed by atoms with van der Waals surface area (Å²) in [5.41, 5.74) is 0.267. The zero-order valence-corrected chi connectivity index (χ0v) is 8.20. The summed E-state index contributed by atoms with van der Waals surface area (Å²) in [6, 6.07) is 0. The van der Waals surface area contributed by atoms with Gasteiger partial charge in [-0.05, 0) is 27.3 Å². The van der Waals surface area contributed by atoms with Crippen LogP contribution in [0.1, 0.15) is 27.7 Å². The first kappa shape index (κ1) is 10.2. The number of alkyl halides is 1. The molecule has 0 amide bonds. The smallest absolute Gasteiger partial charge is 0.0351 e. The minimum atomic E-state index is 0.267. The highest BCUT2D eigenvalue weighted by Gasteiger charge is 2.17. The molecule has 0 spiro atoms. The van der Waals surface area contributed by atoms with E-state index in [0.717, 1.165) is 19.0 Å². The van der Waals surface area contributed by atoms with E-state index in [1.807, 2.05) is 0 Å². The highest BCUT2D eigenvalue weighted by atomic mass is 35.5. The molecule has 0 aromatic rings. The van der Waals surface area contributed by atoms with Crippen molar-refractivity contribution >= 4 is 11.6 Å². The lowest BCUT2D eigenvalue weighted by atomic mass is 10.1. The van der Waals surface area contributed by atoms with Gasteiger partial charge in [0.25, 0.3) is 0 Å². The highest BCUT2D eigenvalue weighted by Crippen LogP contribution is 2.11. The van der Waals surface area contributed by atoms with Crippen LogP contribution in [0.2, 0.25) is 0 Å². The standard InChI is InChI=1S/C8H18ClN/c1-5-10(7-6-9)8(2,3)4/h5-7H2,1-4H3. The van der Waals surface area contributed by atoms with E-state index in [-0.39, 0.29) is 5.54 Å². The van der Waals surface area contributed by atoms with Crippen molar-refractivity contribution in [3.05, 3.63) is 0 Å². The quantitative estimate of drug-likeness (QED) is 0.578. The number of nitrogens with zero attached hydrogens (tertiary/aromatic N) is 1. The van der Waals surface area contributed by atoms with Crippen LogP contribution in [0.15, 0.2) is 0 Å². The second-order valence-corrected chi connectivity index (χ2v) is 3.82. The molecule has 0 radical (unpaired) electrons. The molecule has 0 fully saturated rings. The molecule has 0 N–H and O–H groups in total. The predicted octanol–water partition coefficient (Wildman–Crippen LogP) is 2.35. The van der Waals surface area contributed by atoms with Gasteiger partial charge in [-0.15, -0.1) is 11.6 Å². The minimum Gasteiger partial charge on any atom is -0.298 e. The van der Waals surface area contributed by atoms with E-state index in [1.165, 1.54) is 0 Å². The van der Waals surface area contributed by atoms with Gasteiger partial charge in [0.15, 0.2) is 0 Å². The van der Waals surface area contributed by atoms with Gasteiger partial charge in [0, 0.05) is 18.0 Å². The average molecular weight is 164 g/mol. The number of rotatable bonds is 3. The zero-order valence-electron chi connectivity index (χ0n) is 7.45. The maximum Gasteiger partial charge on any atom is 0.0351 e. The normalized spacial score (nSPS) is 12.6. The number of hydrogen-bond acceptors (Lipinski definition) is 1. The van der Waals surface area contributed by atoms with E-state index >= 15 is 0 Å². The van der Waals surface area contributed by atoms with Crippen molar-refractivity contribution in [1.82, 2.24) is 4.90 Å². The molecule has 1 nitrogen and oxygen atoms in total. The molecule has 62 valence electrons. The molecule has 0 aliphatic rings. The van der Waals surface area contributed by atoms with E-state index in [9.17, 15) is 0 Å². The zero-order chi connectivity index (χ0) is 8.20. The summed E-state index contributed by atoms with van der Waals surface area (Å²) < 4.78 is 0. The molecule has 0 aromatic carbocycles. The van der Waals surface area contributed by atoms with Crippen molar-refractivity contribution in [2.75, 3.05) is 19.0 Å².